The molecule has 2 aromatic carbocycles. The predicted octanol–water partition coefficient (Wildman–Crippen LogP) is 5.19. The number of hydrogen-bond acceptors (Lipinski definition) is 1. The van der Waals surface area contributed by atoms with Gasteiger partial charge in [-0.25, -0.2) is 0 Å². The molecule has 0 amide bonds. The molecule has 21 heavy (non-hydrogen) atoms. The van der Waals surface area contributed by atoms with E-state index in [1.807, 2.05) is 0 Å². The van der Waals surface area contributed by atoms with Gasteiger partial charge in [0.15, 0.2) is 0 Å². The van der Waals surface area contributed by atoms with Crippen molar-refractivity contribution in [1.29, 1.82) is 0 Å². The van der Waals surface area contributed by atoms with Crippen LogP contribution >= 0.6 is 0 Å². The molecule has 0 saturated carbocycles. The van der Waals surface area contributed by atoms with Crippen molar-refractivity contribution in [3.63, 3.8) is 0 Å². The van der Waals surface area contributed by atoms with Gasteiger partial charge in [-0.3, -0.25) is 0 Å². The zero-order valence-electron chi connectivity index (χ0n) is 13.2. The normalized spacial score (nSPS) is 16.3. The quantitative estimate of drug-likeness (QED) is 0.773. The topological polar surface area (TPSA) is 20.2 Å². The molecule has 1 aliphatic carbocycles. The molecule has 0 bridgehead atoms. The van der Waals surface area contributed by atoms with Crippen LogP contribution in [0.3, 0.4) is 0 Å². The van der Waals surface area contributed by atoms with Gasteiger partial charge in [0, 0.05) is 0 Å². The summed E-state index contributed by atoms with van der Waals surface area (Å²) in [6.07, 6.45) is 6.55. The largest absolute Gasteiger partial charge is 0.388 e. The van der Waals surface area contributed by atoms with Crippen molar-refractivity contribution in [3.05, 3.63) is 47.0 Å². The SMILES string of the molecule is CCCCC(CC)C(O)c1ccc2c3c(cccc13)CC2. The maximum Gasteiger partial charge on any atom is 0.0824 e. The van der Waals surface area contributed by atoms with E-state index in [1.165, 1.54) is 34.7 Å². The molecule has 112 valence electrons. The Kier molecular flexibility index (Phi) is 4.30. The van der Waals surface area contributed by atoms with Crippen molar-refractivity contribution >= 4 is 10.8 Å². The zero-order chi connectivity index (χ0) is 14.8. The van der Waals surface area contributed by atoms with E-state index in [4.69, 9.17) is 0 Å². The van der Waals surface area contributed by atoms with Crippen molar-refractivity contribution in [1.82, 2.24) is 0 Å². The van der Waals surface area contributed by atoms with E-state index in [0.717, 1.165) is 31.2 Å². The Bertz CT molecular complexity index is 619. The molecule has 2 aromatic rings. The highest BCUT2D eigenvalue weighted by molar-refractivity contribution is 5.93. The van der Waals surface area contributed by atoms with Crippen LogP contribution in [0.15, 0.2) is 30.3 Å². The fourth-order valence-electron chi connectivity index (χ4n) is 3.83. The summed E-state index contributed by atoms with van der Waals surface area (Å²) in [4.78, 5) is 0. The minimum absolute atomic E-state index is 0.327. The summed E-state index contributed by atoms with van der Waals surface area (Å²) in [6, 6.07) is 11.0. The van der Waals surface area contributed by atoms with Gasteiger partial charge in [0.05, 0.1) is 6.10 Å². The van der Waals surface area contributed by atoms with Gasteiger partial charge in [-0.05, 0) is 52.6 Å². The van der Waals surface area contributed by atoms with Crippen molar-refractivity contribution in [2.24, 2.45) is 5.92 Å². The van der Waals surface area contributed by atoms with Gasteiger partial charge in [0.25, 0.3) is 0 Å². The highest BCUT2D eigenvalue weighted by Crippen LogP contribution is 2.38. The minimum atomic E-state index is -0.327. The fraction of sp³-hybridized carbons (Fsp3) is 0.500. The van der Waals surface area contributed by atoms with Crippen molar-refractivity contribution in [2.75, 3.05) is 0 Å². The Morgan fingerprint density at radius 1 is 1.05 bits per heavy atom. The number of rotatable bonds is 6. The second-order valence-electron chi connectivity index (χ2n) is 6.41. The molecule has 1 N–H and O–H groups in total. The molecule has 0 heterocycles. The molecule has 1 aliphatic rings. The minimum Gasteiger partial charge on any atom is -0.388 e. The first-order valence-electron chi connectivity index (χ1n) is 8.47. The first-order chi connectivity index (χ1) is 10.3. The van der Waals surface area contributed by atoms with Gasteiger partial charge < -0.3 is 5.11 Å². The fourth-order valence-corrected chi connectivity index (χ4v) is 3.83. The van der Waals surface area contributed by atoms with E-state index in [2.05, 4.69) is 44.2 Å². The lowest BCUT2D eigenvalue weighted by Crippen LogP contribution is -2.12. The molecule has 2 unspecified atom stereocenters. The molecular weight excluding hydrogens is 256 g/mol. The summed E-state index contributed by atoms with van der Waals surface area (Å²) in [7, 11) is 0. The summed E-state index contributed by atoms with van der Waals surface area (Å²) < 4.78 is 0. The maximum atomic E-state index is 10.9. The number of benzene rings is 2. The summed E-state index contributed by atoms with van der Waals surface area (Å²) in [5, 5.41) is 13.6. The van der Waals surface area contributed by atoms with E-state index in [-0.39, 0.29) is 6.10 Å². The van der Waals surface area contributed by atoms with E-state index < -0.39 is 0 Å². The standard InChI is InChI=1S/C20H26O/c1-3-5-7-14(4-2)20(21)18-13-12-16-11-10-15-8-6-9-17(18)19(15)16/h6,8-9,12-14,20-21H,3-5,7,10-11H2,1-2H3. The van der Waals surface area contributed by atoms with E-state index >= 15 is 0 Å². The van der Waals surface area contributed by atoms with Crippen molar-refractivity contribution in [2.45, 2.75) is 58.5 Å². The number of aliphatic hydroxyl groups excluding tert-OH is 1. The second-order valence-corrected chi connectivity index (χ2v) is 6.41. The van der Waals surface area contributed by atoms with Crippen LogP contribution in [0.5, 0.6) is 0 Å². The number of unbranched alkanes of at least 4 members (excludes halogenated alkanes) is 1. The predicted molar refractivity (Wildman–Crippen MR) is 89.6 cm³/mol. The first kappa shape index (κ1) is 14.6. The molecule has 3 rings (SSSR count). The molecule has 0 aliphatic heterocycles. The Balaban J connectivity index is 2.01. The number of hydrogen-bond donors (Lipinski definition) is 1. The summed E-state index contributed by atoms with van der Waals surface area (Å²) in [6.45, 7) is 4.42. The molecule has 0 fully saturated rings. The molecule has 0 radical (unpaired) electrons. The lowest BCUT2D eigenvalue weighted by atomic mass is 9.86. The molecule has 2 atom stereocenters. The lowest BCUT2D eigenvalue weighted by Gasteiger charge is -2.23. The smallest absolute Gasteiger partial charge is 0.0824 e. The van der Waals surface area contributed by atoms with Crippen LogP contribution in [-0.2, 0) is 12.8 Å². The third-order valence-corrected chi connectivity index (χ3v) is 5.13. The van der Waals surface area contributed by atoms with E-state index in [1.54, 1.807) is 0 Å². The van der Waals surface area contributed by atoms with Crippen molar-refractivity contribution in [3.8, 4) is 0 Å². The lowest BCUT2D eigenvalue weighted by molar-refractivity contribution is 0.100. The highest BCUT2D eigenvalue weighted by Gasteiger charge is 2.23. The Morgan fingerprint density at radius 2 is 1.81 bits per heavy atom. The Hall–Kier alpha value is -1.34. The summed E-state index contributed by atoms with van der Waals surface area (Å²) >= 11 is 0. The van der Waals surface area contributed by atoms with Gasteiger partial charge >= 0.3 is 0 Å². The van der Waals surface area contributed by atoms with Crippen molar-refractivity contribution < 1.29 is 5.11 Å². The van der Waals surface area contributed by atoms with Crippen LogP contribution in [0.4, 0.5) is 0 Å². The second kappa shape index (κ2) is 6.19. The van der Waals surface area contributed by atoms with Crippen LogP contribution in [0.2, 0.25) is 0 Å². The molecule has 1 heteroatoms. The molecule has 0 saturated heterocycles. The van der Waals surface area contributed by atoms with Gasteiger partial charge in [-0.2, -0.15) is 0 Å². The van der Waals surface area contributed by atoms with Crippen LogP contribution in [0, 0.1) is 5.92 Å². The number of aliphatic hydroxyl groups is 1. The monoisotopic (exact) mass is 282 g/mol. The van der Waals surface area contributed by atoms with Gasteiger partial charge in [0.1, 0.15) is 0 Å². The van der Waals surface area contributed by atoms with Crippen LogP contribution < -0.4 is 0 Å². The van der Waals surface area contributed by atoms with E-state index in [0.29, 0.717) is 5.92 Å². The first-order valence-corrected chi connectivity index (χ1v) is 8.47. The number of aryl methyl sites for hydroxylation is 2. The Morgan fingerprint density at radius 3 is 2.52 bits per heavy atom. The highest BCUT2D eigenvalue weighted by atomic mass is 16.3. The third kappa shape index (κ3) is 2.60. The molecular formula is C20H26O. The maximum absolute atomic E-state index is 10.9. The summed E-state index contributed by atoms with van der Waals surface area (Å²) in [5.74, 6) is 0.378. The van der Waals surface area contributed by atoms with Gasteiger partial charge in [0.2, 0.25) is 0 Å². The average molecular weight is 282 g/mol. The molecule has 1 nitrogen and oxygen atoms in total. The van der Waals surface area contributed by atoms with Crippen LogP contribution in [-0.4, -0.2) is 5.11 Å². The molecule has 0 aromatic heterocycles. The molecule has 0 spiro atoms. The van der Waals surface area contributed by atoms with Crippen LogP contribution in [0.25, 0.3) is 10.8 Å². The zero-order valence-corrected chi connectivity index (χ0v) is 13.2. The average Bonchev–Trinajstić information content (AvgIpc) is 2.93. The third-order valence-electron chi connectivity index (χ3n) is 5.13. The summed E-state index contributed by atoms with van der Waals surface area (Å²) in [5.41, 5.74) is 4.05. The Labute approximate surface area is 128 Å². The van der Waals surface area contributed by atoms with Gasteiger partial charge in [-0.15, -0.1) is 0 Å². The van der Waals surface area contributed by atoms with Gasteiger partial charge in [-0.1, -0.05) is 63.4 Å². The van der Waals surface area contributed by atoms with Crippen LogP contribution in [0.1, 0.15) is 62.3 Å². The van der Waals surface area contributed by atoms with E-state index in [9.17, 15) is 5.11 Å².